The van der Waals surface area contributed by atoms with Gasteiger partial charge in [-0.2, -0.15) is 0 Å². The molecule has 0 aliphatic rings. The van der Waals surface area contributed by atoms with E-state index < -0.39 is 29.3 Å². The van der Waals surface area contributed by atoms with Gasteiger partial charge in [0.05, 0.1) is 4.47 Å². The van der Waals surface area contributed by atoms with E-state index in [0.29, 0.717) is 5.69 Å². The predicted octanol–water partition coefficient (Wildman–Crippen LogP) is 3.21. The molecule has 0 spiro atoms. The van der Waals surface area contributed by atoms with E-state index in [1.807, 2.05) is 0 Å². The molecule has 1 atom stereocenters. The summed E-state index contributed by atoms with van der Waals surface area (Å²) >= 11 is 3.00. The van der Waals surface area contributed by atoms with Gasteiger partial charge < -0.3 is 15.7 Å². The summed E-state index contributed by atoms with van der Waals surface area (Å²) in [6.07, 6.45) is 0. The first-order chi connectivity index (χ1) is 9.11. The number of nitrogens with one attached hydrogen (secondary N) is 2. The van der Waals surface area contributed by atoms with Crippen LogP contribution < -0.4 is 10.6 Å². The maximum atomic E-state index is 13.1. The summed E-state index contributed by atoms with van der Waals surface area (Å²) in [4.78, 5) is 22.9. The van der Waals surface area contributed by atoms with E-state index in [4.69, 9.17) is 5.11 Å². The smallest absolute Gasteiger partial charge is 0.326 e. The van der Waals surface area contributed by atoms with Crippen LogP contribution in [0.15, 0.2) is 22.7 Å². The zero-order chi connectivity index (χ0) is 15.5. The highest BCUT2D eigenvalue weighted by Crippen LogP contribution is 2.21. The zero-order valence-corrected chi connectivity index (χ0v) is 12.9. The molecule has 1 rings (SSSR count). The Labute approximate surface area is 124 Å². The molecule has 0 heterocycles. The van der Waals surface area contributed by atoms with E-state index in [2.05, 4.69) is 26.6 Å². The molecule has 0 radical (unpaired) electrons. The minimum Gasteiger partial charge on any atom is -0.480 e. The van der Waals surface area contributed by atoms with Gasteiger partial charge in [-0.25, -0.2) is 14.0 Å². The summed E-state index contributed by atoms with van der Waals surface area (Å²) in [6.45, 7) is 5.13. The predicted molar refractivity (Wildman–Crippen MR) is 77.1 cm³/mol. The molecule has 0 fully saturated rings. The molecule has 5 nitrogen and oxygen atoms in total. The molecule has 3 N–H and O–H groups in total. The topological polar surface area (TPSA) is 78.4 Å². The lowest BCUT2D eigenvalue weighted by Gasteiger charge is -2.27. The van der Waals surface area contributed by atoms with Crippen LogP contribution in [0, 0.1) is 11.2 Å². The van der Waals surface area contributed by atoms with Gasteiger partial charge in [0.25, 0.3) is 0 Å². The van der Waals surface area contributed by atoms with Crippen LogP contribution in [-0.4, -0.2) is 23.1 Å². The van der Waals surface area contributed by atoms with E-state index in [1.165, 1.54) is 18.2 Å². The van der Waals surface area contributed by atoms with Crippen molar-refractivity contribution >= 4 is 33.6 Å². The molecular formula is C13H16BrFN2O3. The van der Waals surface area contributed by atoms with E-state index in [9.17, 15) is 14.0 Å². The summed E-state index contributed by atoms with van der Waals surface area (Å²) in [7, 11) is 0. The van der Waals surface area contributed by atoms with Gasteiger partial charge >= 0.3 is 12.0 Å². The summed E-state index contributed by atoms with van der Waals surface area (Å²) < 4.78 is 13.3. The first-order valence-corrected chi connectivity index (χ1v) is 6.66. The average molecular weight is 347 g/mol. The number of urea groups is 1. The number of benzene rings is 1. The van der Waals surface area contributed by atoms with Crippen molar-refractivity contribution in [3.8, 4) is 0 Å². The third-order valence-corrected chi connectivity index (χ3v) is 3.17. The van der Waals surface area contributed by atoms with Crippen LogP contribution in [0.5, 0.6) is 0 Å². The van der Waals surface area contributed by atoms with Crippen molar-refractivity contribution in [2.75, 3.05) is 5.32 Å². The molecule has 0 aromatic heterocycles. The largest absolute Gasteiger partial charge is 0.480 e. The second kappa shape index (κ2) is 6.21. The normalized spacial score (nSPS) is 12.7. The molecule has 110 valence electrons. The van der Waals surface area contributed by atoms with Gasteiger partial charge in [-0.3, -0.25) is 0 Å². The van der Waals surface area contributed by atoms with Crippen molar-refractivity contribution in [2.45, 2.75) is 26.8 Å². The Morgan fingerprint density at radius 1 is 1.35 bits per heavy atom. The Morgan fingerprint density at radius 2 is 1.95 bits per heavy atom. The Hall–Kier alpha value is -1.63. The number of halogens is 2. The number of carboxylic acid groups (broad SMARTS) is 1. The Kier molecular flexibility index (Phi) is 5.10. The monoisotopic (exact) mass is 346 g/mol. The number of anilines is 1. The number of hydrogen-bond acceptors (Lipinski definition) is 2. The Balaban J connectivity index is 2.76. The second-order valence-electron chi connectivity index (χ2n) is 5.36. The Morgan fingerprint density at radius 3 is 2.40 bits per heavy atom. The van der Waals surface area contributed by atoms with Gasteiger partial charge in [-0.05, 0) is 39.5 Å². The van der Waals surface area contributed by atoms with E-state index in [1.54, 1.807) is 20.8 Å². The molecule has 0 bridgehead atoms. The molecule has 0 aliphatic heterocycles. The lowest BCUT2D eigenvalue weighted by molar-refractivity contribution is -0.141. The molecule has 0 aliphatic carbocycles. The van der Waals surface area contributed by atoms with Crippen LogP contribution in [0.25, 0.3) is 0 Å². The number of amides is 2. The lowest BCUT2D eigenvalue weighted by Crippen LogP contribution is -2.50. The van der Waals surface area contributed by atoms with E-state index in [-0.39, 0.29) is 4.47 Å². The van der Waals surface area contributed by atoms with Gasteiger partial charge in [-0.1, -0.05) is 20.8 Å². The SMILES string of the molecule is CC(C)(C)[C@@H](NC(=O)Nc1ccc(F)c(Br)c1)C(=O)O. The molecular weight excluding hydrogens is 331 g/mol. The maximum Gasteiger partial charge on any atom is 0.326 e. The number of carboxylic acids is 1. The van der Waals surface area contributed by atoms with E-state index in [0.717, 1.165) is 0 Å². The van der Waals surface area contributed by atoms with Crippen LogP contribution >= 0.6 is 15.9 Å². The standard InChI is InChI=1S/C13H16BrFN2O3/c1-13(2,3)10(11(18)19)17-12(20)16-7-4-5-9(15)8(14)6-7/h4-6,10H,1-3H3,(H,18,19)(H2,16,17,20)/t10-/m0/s1. The number of carbonyl (C=O) groups is 2. The molecule has 1 aromatic carbocycles. The minimum absolute atomic E-state index is 0.209. The highest BCUT2D eigenvalue weighted by atomic mass is 79.9. The summed E-state index contributed by atoms with van der Waals surface area (Å²) in [5.74, 6) is -1.57. The van der Waals surface area contributed by atoms with Crippen LogP contribution in [0.4, 0.5) is 14.9 Å². The number of carbonyl (C=O) groups excluding carboxylic acids is 1. The van der Waals surface area contributed by atoms with Crippen LogP contribution in [0.2, 0.25) is 0 Å². The van der Waals surface area contributed by atoms with Crippen LogP contribution in [0.1, 0.15) is 20.8 Å². The molecule has 0 saturated carbocycles. The Bertz CT molecular complexity index is 529. The highest BCUT2D eigenvalue weighted by molar-refractivity contribution is 9.10. The highest BCUT2D eigenvalue weighted by Gasteiger charge is 2.32. The first-order valence-electron chi connectivity index (χ1n) is 5.86. The molecule has 7 heteroatoms. The molecule has 2 amide bonds. The van der Waals surface area contributed by atoms with Crippen LogP contribution in [0.3, 0.4) is 0 Å². The molecule has 20 heavy (non-hydrogen) atoms. The lowest BCUT2D eigenvalue weighted by atomic mass is 9.87. The van der Waals surface area contributed by atoms with E-state index >= 15 is 0 Å². The molecule has 0 unspecified atom stereocenters. The number of rotatable bonds is 3. The van der Waals surface area contributed by atoms with Gasteiger partial charge in [0.1, 0.15) is 11.9 Å². The minimum atomic E-state index is -1.12. The van der Waals surface area contributed by atoms with Crippen molar-refractivity contribution in [2.24, 2.45) is 5.41 Å². The maximum absolute atomic E-state index is 13.1. The fourth-order valence-electron chi connectivity index (χ4n) is 1.52. The fraction of sp³-hybridized carbons (Fsp3) is 0.385. The van der Waals surface area contributed by atoms with Crippen molar-refractivity contribution < 1.29 is 19.1 Å². The first kappa shape index (κ1) is 16.4. The quantitative estimate of drug-likeness (QED) is 0.786. The summed E-state index contributed by atoms with van der Waals surface area (Å²) in [5, 5.41) is 13.9. The third kappa shape index (κ3) is 4.48. The number of hydrogen-bond donors (Lipinski definition) is 3. The van der Waals surface area contributed by atoms with Crippen LogP contribution in [-0.2, 0) is 4.79 Å². The van der Waals surface area contributed by atoms with Gasteiger partial charge in [0.15, 0.2) is 0 Å². The average Bonchev–Trinajstić information content (AvgIpc) is 2.29. The van der Waals surface area contributed by atoms with Crippen molar-refractivity contribution in [3.05, 3.63) is 28.5 Å². The zero-order valence-electron chi connectivity index (χ0n) is 11.3. The van der Waals surface area contributed by atoms with Gasteiger partial charge in [0, 0.05) is 5.69 Å². The summed E-state index contributed by atoms with van der Waals surface area (Å²) in [5.41, 5.74) is -0.277. The third-order valence-electron chi connectivity index (χ3n) is 2.57. The van der Waals surface area contributed by atoms with Gasteiger partial charge in [-0.15, -0.1) is 0 Å². The van der Waals surface area contributed by atoms with Gasteiger partial charge in [0.2, 0.25) is 0 Å². The molecule has 0 saturated heterocycles. The van der Waals surface area contributed by atoms with Crippen molar-refractivity contribution in [1.29, 1.82) is 0 Å². The molecule has 1 aromatic rings. The van der Waals surface area contributed by atoms with Crippen molar-refractivity contribution in [1.82, 2.24) is 5.32 Å². The summed E-state index contributed by atoms with van der Waals surface area (Å²) in [6, 6.07) is 2.27. The fourth-order valence-corrected chi connectivity index (χ4v) is 1.90. The second-order valence-corrected chi connectivity index (χ2v) is 6.22. The number of aliphatic carboxylic acids is 1. The van der Waals surface area contributed by atoms with Crippen molar-refractivity contribution in [3.63, 3.8) is 0 Å².